The number of amides is 1. The molecule has 2 heterocycles. The van der Waals surface area contributed by atoms with Gasteiger partial charge in [-0.25, -0.2) is 12.7 Å². The van der Waals surface area contributed by atoms with E-state index in [4.69, 9.17) is 0 Å². The minimum atomic E-state index is -3.15. The number of hydrogen-bond donors (Lipinski definition) is 2. The summed E-state index contributed by atoms with van der Waals surface area (Å²) in [6.45, 7) is 0.865. The molecule has 1 aliphatic heterocycles. The number of rotatable bonds is 4. The molecule has 0 unspecified atom stereocenters. The predicted octanol–water partition coefficient (Wildman–Crippen LogP) is 1.23. The highest BCUT2D eigenvalue weighted by Crippen LogP contribution is 2.18. The second-order valence-corrected chi connectivity index (χ2v) is 7.93. The minimum Gasteiger partial charge on any atom is -0.348 e. The molecule has 3 rings (SSSR count). The summed E-state index contributed by atoms with van der Waals surface area (Å²) < 4.78 is 24.4. The molecule has 0 aliphatic carbocycles. The van der Waals surface area contributed by atoms with Gasteiger partial charge in [-0.3, -0.25) is 9.89 Å². The third kappa shape index (κ3) is 3.82. The molecule has 2 N–H and O–H groups in total. The van der Waals surface area contributed by atoms with E-state index in [0.29, 0.717) is 37.3 Å². The summed E-state index contributed by atoms with van der Waals surface area (Å²) in [7, 11) is -3.15. The van der Waals surface area contributed by atoms with Gasteiger partial charge in [0.2, 0.25) is 10.0 Å². The zero-order chi connectivity index (χ0) is 17.2. The molecule has 1 amide bonds. The van der Waals surface area contributed by atoms with Crippen molar-refractivity contribution < 1.29 is 13.2 Å². The van der Waals surface area contributed by atoms with Crippen LogP contribution >= 0.6 is 0 Å². The van der Waals surface area contributed by atoms with Gasteiger partial charge in [-0.05, 0) is 18.9 Å². The molecule has 0 spiro atoms. The summed E-state index contributed by atoms with van der Waals surface area (Å²) in [6, 6.07) is 11.3. The lowest BCUT2D eigenvalue weighted by molar-refractivity contribution is 0.0919. The second kappa shape index (κ2) is 6.74. The second-order valence-electron chi connectivity index (χ2n) is 5.94. The Bertz CT molecular complexity index is 809. The zero-order valence-corrected chi connectivity index (χ0v) is 14.2. The third-order valence-corrected chi connectivity index (χ3v) is 5.45. The number of aromatic amines is 1. The molecule has 24 heavy (non-hydrogen) atoms. The van der Waals surface area contributed by atoms with Crippen molar-refractivity contribution in [1.29, 1.82) is 0 Å². The van der Waals surface area contributed by atoms with Crippen molar-refractivity contribution >= 4 is 15.9 Å². The van der Waals surface area contributed by atoms with Crippen molar-refractivity contribution in [3.8, 4) is 11.3 Å². The standard InChI is InChI=1S/C16H20N4O3S/c1-24(22,23)20-9-7-13(8-10-20)17-16(21)15-11-14(18-19-15)12-5-3-2-4-6-12/h2-6,11,13H,7-10H2,1H3,(H,17,21)(H,18,19). The lowest BCUT2D eigenvalue weighted by Gasteiger charge is -2.30. The SMILES string of the molecule is CS(=O)(=O)N1CCC(NC(=O)c2cc(-c3ccccc3)n[nH]2)CC1. The first kappa shape index (κ1) is 16.7. The van der Waals surface area contributed by atoms with Crippen LogP contribution in [-0.2, 0) is 10.0 Å². The molecular weight excluding hydrogens is 328 g/mol. The molecule has 7 nitrogen and oxygen atoms in total. The van der Waals surface area contributed by atoms with Crippen LogP contribution in [0.15, 0.2) is 36.4 Å². The predicted molar refractivity (Wildman–Crippen MR) is 90.9 cm³/mol. The molecular formula is C16H20N4O3S. The van der Waals surface area contributed by atoms with E-state index in [1.165, 1.54) is 10.6 Å². The van der Waals surface area contributed by atoms with E-state index in [1.807, 2.05) is 30.3 Å². The van der Waals surface area contributed by atoms with Crippen molar-refractivity contribution in [3.63, 3.8) is 0 Å². The van der Waals surface area contributed by atoms with E-state index in [-0.39, 0.29) is 11.9 Å². The van der Waals surface area contributed by atoms with E-state index in [9.17, 15) is 13.2 Å². The Balaban J connectivity index is 1.60. The number of nitrogens with zero attached hydrogens (tertiary/aromatic N) is 2. The van der Waals surface area contributed by atoms with Crippen molar-refractivity contribution in [1.82, 2.24) is 19.8 Å². The molecule has 0 atom stereocenters. The number of benzene rings is 1. The van der Waals surface area contributed by atoms with Crippen LogP contribution in [0.5, 0.6) is 0 Å². The van der Waals surface area contributed by atoms with Crippen molar-refractivity contribution in [2.24, 2.45) is 0 Å². The van der Waals surface area contributed by atoms with E-state index in [2.05, 4.69) is 15.5 Å². The molecule has 2 aromatic rings. The summed E-state index contributed by atoms with van der Waals surface area (Å²) in [6.07, 6.45) is 2.43. The van der Waals surface area contributed by atoms with Crippen LogP contribution in [0.1, 0.15) is 23.3 Å². The van der Waals surface area contributed by atoms with Gasteiger partial charge in [0.15, 0.2) is 0 Å². The summed E-state index contributed by atoms with van der Waals surface area (Å²) in [4.78, 5) is 12.3. The first-order valence-corrected chi connectivity index (χ1v) is 9.65. The van der Waals surface area contributed by atoms with Crippen LogP contribution in [0, 0.1) is 0 Å². The lowest BCUT2D eigenvalue weighted by Crippen LogP contribution is -2.46. The average Bonchev–Trinajstić information content (AvgIpc) is 3.05. The van der Waals surface area contributed by atoms with Gasteiger partial charge >= 0.3 is 0 Å². The Labute approximate surface area is 141 Å². The summed E-state index contributed by atoms with van der Waals surface area (Å²) in [5.41, 5.74) is 2.06. The van der Waals surface area contributed by atoms with E-state index >= 15 is 0 Å². The van der Waals surface area contributed by atoms with Gasteiger partial charge in [0.05, 0.1) is 11.9 Å². The molecule has 0 bridgehead atoms. The molecule has 1 fully saturated rings. The zero-order valence-electron chi connectivity index (χ0n) is 13.4. The van der Waals surface area contributed by atoms with Crippen LogP contribution < -0.4 is 5.32 Å². The first-order chi connectivity index (χ1) is 11.4. The maximum absolute atomic E-state index is 12.3. The van der Waals surface area contributed by atoms with Crippen LogP contribution in [0.3, 0.4) is 0 Å². The Morgan fingerprint density at radius 3 is 2.54 bits per heavy atom. The quantitative estimate of drug-likeness (QED) is 0.869. The maximum Gasteiger partial charge on any atom is 0.269 e. The van der Waals surface area contributed by atoms with Gasteiger partial charge in [0, 0.05) is 24.7 Å². The number of carbonyl (C=O) groups excluding carboxylic acids is 1. The highest BCUT2D eigenvalue weighted by molar-refractivity contribution is 7.88. The summed E-state index contributed by atoms with van der Waals surface area (Å²) >= 11 is 0. The van der Waals surface area contributed by atoms with Crippen LogP contribution in [0.4, 0.5) is 0 Å². The molecule has 1 aromatic carbocycles. The van der Waals surface area contributed by atoms with Gasteiger partial charge in [-0.15, -0.1) is 0 Å². The molecule has 0 saturated carbocycles. The minimum absolute atomic E-state index is 0.0287. The van der Waals surface area contributed by atoms with Crippen molar-refractivity contribution in [2.75, 3.05) is 19.3 Å². The van der Waals surface area contributed by atoms with Gasteiger partial charge < -0.3 is 5.32 Å². The Hall–Kier alpha value is -2.19. The van der Waals surface area contributed by atoms with Gasteiger partial charge in [-0.2, -0.15) is 5.10 Å². The van der Waals surface area contributed by atoms with Crippen molar-refractivity contribution in [2.45, 2.75) is 18.9 Å². The molecule has 128 valence electrons. The lowest BCUT2D eigenvalue weighted by atomic mass is 10.1. The van der Waals surface area contributed by atoms with E-state index in [0.717, 1.165) is 5.56 Å². The highest BCUT2D eigenvalue weighted by Gasteiger charge is 2.26. The molecule has 1 saturated heterocycles. The largest absolute Gasteiger partial charge is 0.348 e. The number of aromatic nitrogens is 2. The van der Waals surface area contributed by atoms with Crippen molar-refractivity contribution in [3.05, 3.63) is 42.1 Å². The topological polar surface area (TPSA) is 95.2 Å². The van der Waals surface area contributed by atoms with Crippen LogP contribution in [-0.4, -0.2) is 54.2 Å². The summed E-state index contributed by atoms with van der Waals surface area (Å²) in [5.74, 6) is -0.220. The van der Waals surface area contributed by atoms with Gasteiger partial charge in [0.25, 0.3) is 5.91 Å². The number of piperidine rings is 1. The van der Waals surface area contributed by atoms with Gasteiger partial charge in [0.1, 0.15) is 5.69 Å². The third-order valence-electron chi connectivity index (χ3n) is 4.15. The smallest absolute Gasteiger partial charge is 0.269 e. The van der Waals surface area contributed by atoms with Gasteiger partial charge in [-0.1, -0.05) is 30.3 Å². The number of sulfonamides is 1. The van der Waals surface area contributed by atoms with Crippen LogP contribution in [0.2, 0.25) is 0 Å². The first-order valence-electron chi connectivity index (χ1n) is 7.80. The molecule has 1 aromatic heterocycles. The number of nitrogens with one attached hydrogen (secondary N) is 2. The molecule has 8 heteroatoms. The number of carbonyl (C=O) groups is 1. The Morgan fingerprint density at radius 1 is 1.25 bits per heavy atom. The normalized spacial score (nSPS) is 16.9. The fraction of sp³-hybridized carbons (Fsp3) is 0.375. The number of hydrogen-bond acceptors (Lipinski definition) is 4. The Kier molecular flexibility index (Phi) is 4.68. The fourth-order valence-electron chi connectivity index (χ4n) is 2.79. The molecule has 0 radical (unpaired) electrons. The van der Waals surface area contributed by atoms with Crippen LogP contribution in [0.25, 0.3) is 11.3 Å². The average molecular weight is 348 g/mol. The maximum atomic E-state index is 12.3. The molecule has 1 aliphatic rings. The monoisotopic (exact) mass is 348 g/mol. The summed E-state index contributed by atoms with van der Waals surface area (Å²) in [5, 5.41) is 9.87. The highest BCUT2D eigenvalue weighted by atomic mass is 32.2. The Morgan fingerprint density at radius 2 is 1.92 bits per heavy atom. The van der Waals surface area contributed by atoms with E-state index < -0.39 is 10.0 Å². The number of H-pyrrole nitrogens is 1. The fourth-order valence-corrected chi connectivity index (χ4v) is 3.66. The van der Waals surface area contributed by atoms with E-state index in [1.54, 1.807) is 6.07 Å².